The highest BCUT2D eigenvalue weighted by Gasteiger charge is 2.22. The summed E-state index contributed by atoms with van der Waals surface area (Å²) < 4.78 is 0. The Balaban J connectivity index is 1.49. The van der Waals surface area contributed by atoms with Crippen LogP contribution in [0.25, 0.3) is 22.0 Å². The summed E-state index contributed by atoms with van der Waals surface area (Å²) in [6, 6.07) is 23.5. The van der Waals surface area contributed by atoms with Gasteiger partial charge in [-0.1, -0.05) is 54.5 Å². The van der Waals surface area contributed by atoms with Crippen LogP contribution in [0.2, 0.25) is 0 Å². The van der Waals surface area contributed by atoms with Crippen molar-refractivity contribution in [3.05, 3.63) is 89.6 Å². The SMILES string of the molecule is O=C1CN(C(=O)c2ccc3[nH]nc(C#Cc4ccccc4-c4ccccc4)c3c2)CCN1. The molecule has 1 saturated heterocycles. The lowest BCUT2D eigenvalue weighted by Gasteiger charge is -2.26. The smallest absolute Gasteiger partial charge is 0.254 e. The number of H-pyrrole nitrogens is 1. The van der Waals surface area contributed by atoms with Crippen LogP contribution in [0, 0.1) is 11.8 Å². The quantitative estimate of drug-likeness (QED) is 0.489. The van der Waals surface area contributed by atoms with Crippen molar-refractivity contribution in [2.24, 2.45) is 0 Å². The molecule has 1 aliphatic rings. The number of carbonyl (C=O) groups is 2. The molecule has 5 rings (SSSR count). The first kappa shape index (κ1) is 19.6. The van der Waals surface area contributed by atoms with E-state index in [1.807, 2.05) is 48.5 Å². The van der Waals surface area contributed by atoms with Crippen molar-refractivity contribution >= 4 is 22.7 Å². The van der Waals surface area contributed by atoms with Gasteiger partial charge < -0.3 is 10.2 Å². The first-order chi connectivity index (χ1) is 15.7. The van der Waals surface area contributed by atoms with Crippen molar-refractivity contribution in [2.75, 3.05) is 19.6 Å². The third kappa shape index (κ3) is 3.84. The number of amides is 2. The van der Waals surface area contributed by atoms with Gasteiger partial charge in [0.2, 0.25) is 5.91 Å². The fourth-order valence-electron chi connectivity index (χ4n) is 3.82. The summed E-state index contributed by atoms with van der Waals surface area (Å²) in [5.74, 6) is 6.10. The van der Waals surface area contributed by atoms with Crippen LogP contribution in [0.4, 0.5) is 0 Å². The average molecular weight is 420 g/mol. The van der Waals surface area contributed by atoms with Gasteiger partial charge in [0.15, 0.2) is 0 Å². The Bertz CT molecular complexity index is 1380. The molecule has 32 heavy (non-hydrogen) atoms. The molecule has 0 saturated carbocycles. The first-order valence-corrected chi connectivity index (χ1v) is 10.4. The number of hydrogen-bond donors (Lipinski definition) is 2. The summed E-state index contributed by atoms with van der Waals surface area (Å²) in [6.07, 6.45) is 0. The molecule has 0 unspecified atom stereocenters. The minimum Gasteiger partial charge on any atom is -0.353 e. The monoisotopic (exact) mass is 420 g/mol. The molecule has 2 amide bonds. The molecule has 6 nitrogen and oxygen atoms in total. The van der Waals surface area contributed by atoms with E-state index in [4.69, 9.17) is 0 Å². The number of piperazine rings is 1. The number of benzene rings is 3. The van der Waals surface area contributed by atoms with Gasteiger partial charge in [-0.25, -0.2) is 0 Å². The van der Waals surface area contributed by atoms with Gasteiger partial charge in [-0.05, 0) is 41.3 Å². The van der Waals surface area contributed by atoms with Crippen LogP contribution in [-0.4, -0.2) is 46.5 Å². The molecule has 0 spiro atoms. The number of nitrogens with zero attached hydrogens (tertiary/aromatic N) is 2. The molecule has 0 atom stereocenters. The van der Waals surface area contributed by atoms with Crippen LogP contribution in [0.15, 0.2) is 72.8 Å². The van der Waals surface area contributed by atoms with Gasteiger partial charge in [0.1, 0.15) is 5.69 Å². The molecule has 1 aliphatic heterocycles. The lowest BCUT2D eigenvalue weighted by molar-refractivity contribution is -0.123. The minimum atomic E-state index is -0.170. The van der Waals surface area contributed by atoms with E-state index in [-0.39, 0.29) is 18.4 Å². The molecule has 4 aromatic rings. The first-order valence-electron chi connectivity index (χ1n) is 10.4. The molecule has 0 radical (unpaired) electrons. The van der Waals surface area contributed by atoms with Gasteiger partial charge in [-0.15, -0.1) is 0 Å². The summed E-state index contributed by atoms with van der Waals surface area (Å²) in [5, 5.41) is 10.8. The Morgan fingerprint density at radius 3 is 2.62 bits per heavy atom. The summed E-state index contributed by atoms with van der Waals surface area (Å²) in [5.41, 5.74) is 4.96. The number of rotatable bonds is 2. The zero-order valence-corrected chi connectivity index (χ0v) is 17.3. The van der Waals surface area contributed by atoms with Gasteiger partial charge in [-0.2, -0.15) is 5.10 Å². The van der Waals surface area contributed by atoms with Gasteiger partial charge >= 0.3 is 0 Å². The number of aromatic nitrogens is 2. The van der Waals surface area contributed by atoms with Crippen molar-refractivity contribution in [1.29, 1.82) is 0 Å². The normalized spacial score (nSPS) is 13.4. The van der Waals surface area contributed by atoms with Crippen molar-refractivity contribution in [3.63, 3.8) is 0 Å². The number of fused-ring (bicyclic) bond motifs is 1. The maximum absolute atomic E-state index is 12.9. The van der Waals surface area contributed by atoms with E-state index in [0.29, 0.717) is 24.3 Å². The van der Waals surface area contributed by atoms with E-state index in [0.717, 1.165) is 27.6 Å². The molecule has 3 aromatic carbocycles. The van der Waals surface area contributed by atoms with Gasteiger partial charge in [0.25, 0.3) is 5.91 Å². The zero-order valence-electron chi connectivity index (χ0n) is 17.3. The van der Waals surface area contributed by atoms with Crippen LogP contribution in [-0.2, 0) is 4.79 Å². The van der Waals surface area contributed by atoms with Crippen molar-refractivity contribution < 1.29 is 9.59 Å². The Kier molecular flexibility index (Phi) is 5.14. The molecule has 1 aromatic heterocycles. The van der Waals surface area contributed by atoms with E-state index in [1.54, 1.807) is 17.0 Å². The summed E-state index contributed by atoms with van der Waals surface area (Å²) in [6.45, 7) is 1.04. The van der Waals surface area contributed by atoms with Crippen LogP contribution >= 0.6 is 0 Å². The van der Waals surface area contributed by atoms with Gasteiger partial charge in [0, 0.05) is 29.6 Å². The maximum Gasteiger partial charge on any atom is 0.254 e. The largest absolute Gasteiger partial charge is 0.353 e. The second-order valence-corrected chi connectivity index (χ2v) is 7.57. The predicted octanol–water partition coefficient (Wildman–Crippen LogP) is 3.20. The molecular weight excluding hydrogens is 400 g/mol. The van der Waals surface area contributed by atoms with E-state index < -0.39 is 0 Å². The van der Waals surface area contributed by atoms with Gasteiger partial charge in [-0.3, -0.25) is 14.7 Å². The van der Waals surface area contributed by atoms with Crippen LogP contribution in [0.1, 0.15) is 21.6 Å². The topological polar surface area (TPSA) is 78.1 Å². The molecule has 6 heteroatoms. The summed E-state index contributed by atoms with van der Waals surface area (Å²) >= 11 is 0. The average Bonchev–Trinajstić information content (AvgIpc) is 3.25. The van der Waals surface area contributed by atoms with Crippen LogP contribution in [0.3, 0.4) is 0 Å². The summed E-state index contributed by atoms with van der Waals surface area (Å²) in [7, 11) is 0. The third-order valence-electron chi connectivity index (χ3n) is 5.46. The Labute approximate surface area is 185 Å². The number of hydrogen-bond acceptors (Lipinski definition) is 3. The standard InChI is InChI=1S/C26H20N4O2/c31-25-17-30(15-14-27-25)26(32)20-11-13-24-22(16-20)23(28-29-24)12-10-19-8-4-5-9-21(19)18-6-2-1-3-7-18/h1-9,11,13,16H,14-15,17H2,(H,27,31)(H,28,29). The number of aromatic amines is 1. The minimum absolute atomic E-state index is 0.0746. The molecule has 2 N–H and O–H groups in total. The van der Waals surface area contributed by atoms with Crippen LogP contribution in [0.5, 0.6) is 0 Å². The van der Waals surface area contributed by atoms with Crippen molar-refractivity contribution in [2.45, 2.75) is 0 Å². The highest BCUT2D eigenvalue weighted by Crippen LogP contribution is 2.23. The van der Waals surface area contributed by atoms with E-state index >= 15 is 0 Å². The van der Waals surface area contributed by atoms with E-state index in [1.165, 1.54) is 0 Å². The number of carbonyl (C=O) groups excluding carboxylic acids is 2. The lowest BCUT2D eigenvalue weighted by Crippen LogP contribution is -2.49. The van der Waals surface area contributed by atoms with Gasteiger partial charge in [0.05, 0.1) is 12.1 Å². The Hall–Kier alpha value is -4.37. The number of nitrogens with one attached hydrogen (secondary N) is 2. The van der Waals surface area contributed by atoms with Crippen LogP contribution < -0.4 is 5.32 Å². The van der Waals surface area contributed by atoms with Crippen molar-refractivity contribution in [1.82, 2.24) is 20.4 Å². The molecule has 1 fully saturated rings. The lowest BCUT2D eigenvalue weighted by atomic mass is 10.00. The highest BCUT2D eigenvalue weighted by molar-refractivity contribution is 6.00. The molecule has 2 heterocycles. The second kappa shape index (κ2) is 8.40. The van der Waals surface area contributed by atoms with E-state index in [2.05, 4.69) is 39.5 Å². The molecule has 0 aliphatic carbocycles. The highest BCUT2D eigenvalue weighted by atomic mass is 16.2. The third-order valence-corrected chi connectivity index (χ3v) is 5.46. The molecule has 0 bridgehead atoms. The fraction of sp³-hybridized carbons (Fsp3) is 0.115. The van der Waals surface area contributed by atoms with Crippen molar-refractivity contribution in [3.8, 4) is 23.0 Å². The fourth-order valence-corrected chi connectivity index (χ4v) is 3.82. The molecule has 156 valence electrons. The Morgan fingerprint density at radius 1 is 0.969 bits per heavy atom. The van der Waals surface area contributed by atoms with E-state index in [9.17, 15) is 9.59 Å². The second-order valence-electron chi connectivity index (χ2n) is 7.57. The Morgan fingerprint density at radius 2 is 1.78 bits per heavy atom. The maximum atomic E-state index is 12.9. The zero-order chi connectivity index (χ0) is 21.9. The summed E-state index contributed by atoms with van der Waals surface area (Å²) in [4.78, 5) is 26.1. The molecular formula is C26H20N4O2. The predicted molar refractivity (Wildman–Crippen MR) is 123 cm³/mol.